The molecule has 0 fully saturated rings. The number of benzene rings is 1. The topological polar surface area (TPSA) is 3.24 Å². The zero-order valence-corrected chi connectivity index (χ0v) is 8.96. The van der Waals surface area contributed by atoms with Gasteiger partial charge in [0, 0.05) is 5.69 Å². The van der Waals surface area contributed by atoms with E-state index >= 15 is 0 Å². The van der Waals surface area contributed by atoms with Gasteiger partial charge in [-0.2, -0.15) is 0 Å². The Kier molecular flexibility index (Phi) is 1.55. The number of nitrogens with zero attached hydrogens (tertiary/aromatic N) is 1. The Labute approximate surface area is 75.1 Å². The molecule has 2 rings (SSSR count). The fourth-order valence-electron chi connectivity index (χ4n) is 1.90. The molecule has 0 amide bonds. The van der Waals surface area contributed by atoms with Crippen LogP contribution in [0.25, 0.3) is 0 Å². The molecule has 12 heavy (non-hydrogen) atoms. The Bertz CT molecular complexity index is 306. The first-order chi connectivity index (χ1) is 5.61. The summed E-state index contributed by atoms with van der Waals surface area (Å²) in [7, 11) is 1.12. The van der Waals surface area contributed by atoms with Crippen LogP contribution in [0.2, 0.25) is 13.1 Å². The molecule has 0 N–H and O–H groups in total. The highest BCUT2D eigenvalue weighted by Gasteiger charge is 2.34. The third-order valence-corrected chi connectivity index (χ3v) is 6.19. The normalized spacial score (nSPS) is 19.4. The van der Waals surface area contributed by atoms with Crippen molar-refractivity contribution in [1.82, 2.24) is 0 Å². The van der Waals surface area contributed by atoms with Crippen molar-refractivity contribution < 1.29 is 0 Å². The molecular weight excluding hydrogens is 162 g/mol. The van der Waals surface area contributed by atoms with Crippen molar-refractivity contribution in [1.29, 1.82) is 0 Å². The molecule has 0 radical (unpaired) electrons. The van der Waals surface area contributed by atoms with E-state index < -0.39 is 8.24 Å². The molecule has 0 aromatic heterocycles. The molecule has 1 heterocycles. The maximum atomic E-state index is 2.50. The number of rotatable bonds is 0. The van der Waals surface area contributed by atoms with E-state index in [2.05, 4.69) is 49.0 Å². The summed E-state index contributed by atoms with van der Waals surface area (Å²) in [5, 5.41) is 0. The van der Waals surface area contributed by atoms with Crippen LogP contribution in [0.4, 0.5) is 5.69 Å². The van der Waals surface area contributed by atoms with E-state index in [1.54, 1.807) is 0 Å². The summed E-state index contributed by atoms with van der Waals surface area (Å²) in [6.07, 6.45) is 0. The number of anilines is 1. The van der Waals surface area contributed by atoms with Gasteiger partial charge < -0.3 is 4.57 Å². The second-order valence-electron chi connectivity index (χ2n) is 4.18. The van der Waals surface area contributed by atoms with Crippen molar-refractivity contribution in [2.45, 2.75) is 19.1 Å². The lowest BCUT2D eigenvalue weighted by atomic mass is 10.2. The third kappa shape index (κ3) is 0.984. The summed E-state index contributed by atoms with van der Waals surface area (Å²) >= 11 is 0. The molecule has 1 aromatic carbocycles. The number of fused-ring (bicyclic) bond motifs is 1. The zero-order valence-electron chi connectivity index (χ0n) is 7.96. The molecule has 0 unspecified atom stereocenters. The van der Waals surface area contributed by atoms with Crippen LogP contribution < -0.4 is 4.57 Å². The molecule has 0 aliphatic carbocycles. The van der Waals surface area contributed by atoms with Crippen LogP contribution in [0.1, 0.15) is 5.56 Å². The van der Waals surface area contributed by atoms with Crippen molar-refractivity contribution in [3.05, 3.63) is 29.8 Å². The van der Waals surface area contributed by atoms with Crippen molar-refractivity contribution in [2.24, 2.45) is 0 Å². The number of hydrogen-bond acceptors (Lipinski definition) is 1. The zero-order chi connectivity index (χ0) is 8.77. The van der Waals surface area contributed by atoms with Crippen LogP contribution in [0.5, 0.6) is 0 Å². The molecule has 0 bridgehead atoms. The molecule has 0 spiro atoms. The van der Waals surface area contributed by atoms with Gasteiger partial charge in [0.25, 0.3) is 0 Å². The molecule has 1 aromatic rings. The van der Waals surface area contributed by atoms with Crippen LogP contribution in [-0.4, -0.2) is 15.3 Å². The predicted octanol–water partition coefficient (Wildman–Crippen LogP) is 2.42. The van der Waals surface area contributed by atoms with Crippen LogP contribution in [-0.2, 0) is 6.04 Å². The first-order valence-corrected chi connectivity index (χ1v) is 7.58. The summed E-state index contributed by atoms with van der Waals surface area (Å²) < 4.78 is 2.50. The SMILES string of the molecule is CN1c2ccccc2C[Si]1(C)C. The molecule has 0 saturated carbocycles. The smallest absolute Gasteiger partial charge is 0.154 e. The standard InChI is InChI=1S/C10H15NSi/c1-11-10-7-5-4-6-9(10)8-12(11,2)3/h4-7H,8H2,1-3H3. The Balaban J connectivity index is 2.49. The van der Waals surface area contributed by atoms with Crippen LogP contribution in [0.15, 0.2) is 24.3 Å². The average molecular weight is 177 g/mol. The molecule has 0 saturated heterocycles. The van der Waals surface area contributed by atoms with E-state index in [-0.39, 0.29) is 0 Å². The Morgan fingerprint density at radius 2 is 1.92 bits per heavy atom. The van der Waals surface area contributed by atoms with Crippen LogP contribution >= 0.6 is 0 Å². The second kappa shape index (κ2) is 2.36. The Morgan fingerprint density at radius 1 is 1.25 bits per heavy atom. The van der Waals surface area contributed by atoms with Gasteiger partial charge in [-0.25, -0.2) is 0 Å². The van der Waals surface area contributed by atoms with Gasteiger partial charge in [-0.3, -0.25) is 0 Å². The van der Waals surface area contributed by atoms with E-state index in [0.29, 0.717) is 0 Å². The number of para-hydroxylation sites is 1. The summed E-state index contributed by atoms with van der Waals surface area (Å²) in [5.74, 6) is 0. The number of hydrogen-bond donors (Lipinski definition) is 0. The minimum absolute atomic E-state index is 1.11. The molecule has 0 atom stereocenters. The van der Waals surface area contributed by atoms with Crippen molar-refractivity contribution in [3.63, 3.8) is 0 Å². The van der Waals surface area contributed by atoms with Crippen LogP contribution in [0, 0.1) is 0 Å². The molecule has 64 valence electrons. The van der Waals surface area contributed by atoms with E-state index in [1.165, 1.54) is 17.3 Å². The van der Waals surface area contributed by atoms with Crippen LogP contribution in [0.3, 0.4) is 0 Å². The fourth-order valence-corrected chi connectivity index (χ4v) is 4.24. The van der Waals surface area contributed by atoms with Gasteiger partial charge in [-0.15, -0.1) is 0 Å². The predicted molar refractivity (Wildman–Crippen MR) is 56.0 cm³/mol. The van der Waals surface area contributed by atoms with E-state index in [1.807, 2.05) is 0 Å². The summed E-state index contributed by atoms with van der Waals surface area (Å²) in [4.78, 5) is 0. The highest BCUT2D eigenvalue weighted by molar-refractivity contribution is 6.81. The molecule has 1 nitrogen and oxygen atoms in total. The van der Waals surface area contributed by atoms with Gasteiger partial charge >= 0.3 is 0 Å². The minimum Gasteiger partial charge on any atom is -0.400 e. The Morgan fingerprint density at radius 3 is 2.58 bits per heavy atom. The first-order valence-electron chi connectivity index (χ1n) is 4.43. The molecule has 1 aliphatic rings. The van der Waals surface area contributed by atoms with E-state index in [4.69, 9.17) is 0 Å². The summed E-state index contributed by atoms with van der Waals surface area (Å²) in [5.41, 5.74) is 2.99. The van der Waals surface area contributed by atoms with Gasteiger partial charge in [0.15, 0.2) is 8.24 Å². The lowest BCUT2D eigenvalue weighted by Crippen LogP contribution is -2.43. The largest absolute Gasteiger partial charge is 0.400 e. The molecule has 1 aliphatic heterocycles. The first kappa shape index (κ1) is 7.86. The average Bonchev–Trinajstić information content (AvgIpc) is 2.24. The minimum atomic E-state index is -1.11. The van der Waals surface area contributed by atoms with Gasteiger partial charge in [0.1, 0.15) is 0 Å². The molecule has 2 heteroatoms. The van der Waals surface area contributed by atoms with E-state index in [9.17, 15) is 0 Å². The van der Waals surface area contributed by atoms with Gasteiger partial charge in [-0.05, 0) is 24.7 Å². The third-order valence-electron chi connectivity index (χ3n) is 2.88. The summed E-state index contributed by atoms with van der Waals surface area (Å²) in [6.45, 7) is 4.85. The highest BCUT2D eigenvalue weighted by Crippen LogP contribution is 2.34. The monoisotopic (exact) mass is 177 g/mol. The second-order valence-corrected chi connectivity index (χ2v) is 8.83. The lowest BCUT2D eigenvalue weighted by Gasteiger charge is -2.27. The van der Waals surface area contributed by atoms with E-state index in [0.717, 1.165) is 0 Å². The van der Waals surface area contributed by atoms with Gasteiger partial charge in [-0.1, -0.05) is 31.3 Å². The lowest BCUT2D eigenvalue weighted by molar-refractivity contribution is 1.28. The van der Waals surface area contributed by atoms with Crippen molar-refractivity contribution in [2.75, 3.05) is 11.6 Å². The maximum absolute atomic E-state index is 2.50. The Hall–Kier alpha value is -0.763. The maximum Gasteiger partial charge on any atom is 0.154 e. The fraction of sp³-hybridized carbons (Fsp3) is 0.400. The summed E-state index contributed by atoms with van der Waals surface area (Å²) in [6, 6.07) is 10.1. The van der Waals surface area contributed by atoms with Gasteiger partial charge in [0.2, 0.25) is 0 Å². The molecular formula is C10H15NSi. The van der Waals surface area contributed by atoms with Crippen molar-refractivity contribution in [3.8, 4) is 0 Å². The van der Waals surface area contributed by atoms with Gasteiger partial charge in [0.05, 0.1) is 0 Å². The quantitative estimate of drug-likeness (QED) is 0.550. The highest BCUT2D eigenvalue weighted by atomic mass is 28.3. The van der Waals surface area contributed by atoms with Crippen molar-refractivity contribution >= 4 is 13.9 Å².